The first-order valence-electron chi connectivity index (χ1n) is 11.4. The third kappa shape index (κ3) is 9.11. The van der Waals surface area contributed by atoms with Gasteiger partial charge >= 0.3 is 0 Å². The van der Waals surface area contributed by atoms with E-state index < -0.39 is 0 Å². The van der Waals surface area contributed by atoms with E-state index in [1.54, 1.807) is 6.20 Å². The van der Waals surface area contributed by atoms with Gasteiger partial charge in [0.05, 0.1) is 19.8 Å². The minimum atomic E-state index is 0.443. The van der Waals surface area contributed by atoms with E-state index in [4.69, 9.17) is 14.2 Å². The summed E-state index contributed by atoms with van der Waals surface area (Å²) in [7, 11) is 0. The van der Waals surface area contributed by atoms with Crippen LogP contribution in [-0.4, -0.2) is 75.0 Å². The highest BCUT2D eigenvalue weighted by Gasteiger charge is 2.09. The topological polar surface area (TPSA) is 80.2 Å². The van der Waals surface area contributed by atoms with Gasteiger partial charge in [-0.3, -0.25) is 4.90 Å². The fraction of sp³-hybridized carbons (Fsp3) is 0.500. The molecular weight excluding hydrogens is 406 g/mol. The average Bonchev–Trinajstić information content (AvgIpc) is 2.85. The molecular formula is C24H35N5O3. The number of pyridine rings is 1. The van der Waals surface area contributed by atoms with Gasteiger partial charge in [-0.15, -0.1) is 0 Å². The Kier molecular flexibility index (Phi) is 10.6. The van der Waals surface area contributed by atoms with E-state index in [2.05, 4.69) is 32.4 Å². The van der Waals surface area contributed by atoms with Crippen LogP contribution < -0.4 is 20.1 Å². The van der Waals surface area contributed by atoms with E-state index in [9.17, 15) is 0 Å². The lowest BCUT2D eigenvalue weighted by molar-refractivity contribution is 0.0376. The minimum absolute atomic E-state index is 0.443. The summed E-state index contributed by atoms with van der Waals surface area (Å²) >= 11 is 0. The van der Waals surface area contributed by atoms with Gasteiger partial charge in [-0.25, -0.2) is 9.98 Å². The summed E-state index contributed by atoms with van der Waals surface area (Å²) in [5, 5.41) is 6.71. The lowest BCUT2D eigenvalue weighted by atomic mass is 10.3. The Morgan fingerprint density at radius 2 is 1.88 bits per heavy atom. The fourth-order valence-corrected chi connectivity index (χ4v) is 3.26. The summed E-state index contributed by atoms with van der Waals surface area (Å²) in [5.74, 6) is 2.25. The van der Waals surface area contributed by atoms with Gasteiger partial charge in [-0.2, -0.15) is 0 Å². The Hall–Kier alpha value is -2.84. The number of nitrogens with zero attached hydrogens (tertiary/aromatic N) is 3. The van der Waals surface area contributed by atoms with Crippen LogP contribution in [0, 0.1) is 0 Å². The molecule has 0 aliphatic carbocycles. The van der Waals surface area contributed by atoms with Crippen LogP contribution in [0.15, 0.2) is 53.7 Å². The molecule has 2 aromatic rings. The van der Waals surface area contributed by atoms with Crippen molar-refractivity contribution in [2.24, 2.45) is 4.99 Å². The maximum absolute atomic E-state index is 5.65. The van der Waals surface area contributed by atoms with Gasteiger partial charge in [0.1, 0.15) is 19.0 Å². The predicted molar refractivity (Wildman–Crippen MR) is 126 cm³/mol. The maximum Gasteiger partial charge on any atom is 0.213 e. The lowest BCUT2D eigenvalue weighted by Gasteiger charge is -2.26. The van der Waals surface area contributed by atoms with Crippen LogP contribution in [0.3, 0.4) is 0 Å². The van der Waals surface area contributed by atoms with Crippen LogP contribution in [0.4, 0.5) is 0 Å². The summed E-state index contributed by atoms with van der Waals surface area (Å²) in [6, 6.07) is 13.6. The number of hydrogen-bond donors (Lipinski definition) is 2. The Balaban J connectivity index is 1.35. The number of hydrogen-bond acceptors (Lipinski definition) is 6. The van der Waals surface area contributed by atoms with E-state index in [1.165, 1.54) is 0 Å². The smallest absolute Gasteiger partial charge is 0.213 e. The highest BCUT2D eigenvalue weighted by atomic mass is 16.5. The molecule has 0 radical (unpaired) electrons. The number of morpholine rings is 1. The molecule has 8 nitrogen and oxygen atoms in total. The van der Waals surface area contributed by atoms with Crippen molar-refractivity contribution in [1.82, 2.24) is 20.5 Å². The molecule has 32 heavy (non-hydrogen) atoms. The second-order valence-corrected chi connectivity index (χ2v) is 7.44. The molecule has 1 saturated heterocycles. The fourth-order valence-electron chi connectivity index (χ4n) is 3.26. The first-order valence-corrected chi connectivity index (χ1v) is 11.4. The summed E-state index contributed by atoms with van der Waals surface area (Å²) < 4.78 is 16.7. The van der Waals surface area contributed by atoms with Crippen molar-refractivity contribution in [2.45, 2.75) is 19.9 Å². The van der Waals surface area contributed by atoms with Crippen LogP contribution in [0.5, 0.6) is 11.6 Å². The average molecular weight is 442 g/mol. The molecule has 0 saturated carbocycles. The van der Waals surface area contributed by atoms with Crippen LogP contribution in [-0.2, 0) is 11.3 Å². The third-order valence-electron chi connectivity index (χ3n) is 4.95. The molecule has 174 valence electrons. The minimum Gasteiger partial charge on any atom is -0.490 e. The molecule has 3 rings (SSSR count). The molecule has 1 fully saturated rings. The van der Waals surface area contributed by atoms with Crippen molar-refractivity contribution >= 4 is 5.96 Å². The van der Waals surface area contributed by atoms with Crippen molar-refractivity contribution in [1.29, 1.82) is 0 Å². The van der Waals surface area contributed by atoms with Crippen molar-refractivity contribution < 1.29 is 14.2 Å². The molecule has 1 aliphatic heterocycles. The van der Waals surface area contributed by atoms with Gasteiger partial charge in [0.2, 0.25) is 5.88 Å². The van der Waals surface area contributed by atoms with Gasteiger partial charge in [0.25, 0.3) is 0 Å². The molecule has 1 aliphatic rings. The molecule has 0 spiro atoms. The molecule has 8 heteroatoms. The quantitative estimate of drug-likeness (QED) is 0.297. The first-order chi connectivity index (χ1) is 15.8. The second-order valence-electron chi connectivity index (χ2n) is 7.44. The number of rotatable bonds is 12. The summed E-state index contributed by atoms with van der Waals surface area (Å²) in [5.41, 5.74) is 1.03. The Labute approximate surface area is 191 Å². The number of ether oxygens (including phenoxy) is 3. The zero-order chi connectivity index (χ0) is 22.3. The van der Waals surface area contributed by atoms with E-state index in [1.807, 2.05) is 42.5 Å². The van der Waals surface area contributed by atoms with Crippen molar-refractivity contribution in [2.75, 3.05) is 59.2 Å². The molecule has 2 N–H and O–H groups in total. The monoisotopic (exact) mass is 441 g/mol. The number of nitrogens with one attached hydrogen (secondary N) is 2. The summed E-state index contributed by atoms with van der Waals surface area (Å²) in [6.45, 7) is 10.1. The third-order valence-corrected chi connectivity index (χ3v) is 4.95. The zero-order valence-electron chi connectivity index (χ0n) is 19.0. The lowest BCUT2D eigenvalue weighted by Crippen LogP contribution is -2.40. The molecule has 0 atom stereocenters. The zero-order valence-corrected chi connectivity index (χ0v) is 19.0. The molecule has 0 unspecified atom stereocenters. The second kappa shape index (κ2) is 14.3. The van der Waals surface area contributed by atoms with Crippen molar-refractivity contribution in [3.63, 3.8) is 0 Å². The Morgan fingerprint density at radius 1 is 1.06 bits per heavy atom. The molecule has 1 aromatic heterocycles. The van der Waals surface area contributed by atoms with E-state index >= 15 is 0 Å². The van der Waals surface area contributed by atoms with Crippen LogP contribution in [0.1, 0.15) is 18.9 Å². The van der Waals surface area contributed by atoms with Gasteiger partial charge < -0.3 is 24.8 Å². The van der Waals surface area contributed by atoms with Gasteiger partial charge in [0, 0.05) is 38.4 Å². The highest BCUT2D eigenvalue weighted by molar-refractivity contribution is 5.79. The first kappa shape index (κ1) is 23.8. The summed E-state index contributed by atoms with van der Waals surface area (Å²) in [4.78, 5) is 11.5. The predicted octanol–water partition coefficient (Wildman–Crippen LogP) is 2.32. The van der Waals surface area contributed by atoms with E-state index in [0.29, 0.717) is 25.6 Å². The highest BCUT2D eigenvalue weighted by Crippen LogP contribution is 2.10. The van der Waals surface area contributed by atoms with Gasteiger partial charge in [-0.1, -0.05) is 24.3 Å². The number of aromatic nitrogens is 1. The molecule has 0 bridgehead atoms. The molecule has 1 aromatic carbocycles. The van der Waals surface area contributed by atoms with E-state index in [-0.39, 0.29) is 0 Å². The number of para-hydroxylation sites is 1. The largest absolute Gasteiger partial charge is 0.490 e. The standard InChI is InChI=1S/C24H35N5O3/c1-2-25-24(26-11-6-12-29-13-15-30-16-14-29)28-20-21-9-10-23(27-19-21)32-18-17-31-22-7-4-3-5-8-22/h3-5,7-10,19H,2,6,11-18,20H2,1H3,(H2,25,26,28). The van der Waals surface area contributed by atoms with E-state index in [0.717, 1.165) is 69.6 Å². The maximum atomic E-state index is 5.65. The Bertz CT molecular complexity index is 780. The Morgan fingerprint density at radius 3 is 2.62 bits per heavy atom. The normalized spacial score (nSPS) is 14.7. The van der Waals surface area contributed by atoms with Crippen molar-refractivity contribution in [3.05, 3.63) is 54.2 Å². The molecule has 2 heterocycles. The molecule has 0 amide bonds. The van der Waals surface area contributed by atoms with Crippen molar-refractivity contribution in [3.8, 4) is 11.6 Å². The number of aliphatic imine (C=N–C) groups is 1. The van der Waals surface area contributed by atoms with Crippen LogP contribution in [0.25, 0.3) is 0 Å². The number of guanidine groups is 1. The summed E-state index contributed by atoms with van der Waals surface area (Å²) in [6.07, 6.45) is 2.88. The van der Waals surface area contributed by atoms with Crippen LogP contribution >= 0.6 is 0 Å². The van der Waals surface area contributed by atoms with Crippen LogP contribution in [0.2, 0.25) is 0 Å². The number of benzene rings is 1. The SMILES string of the molecule is CCNC(=NCc1ccc(OCCOc2ccccc2)nc1)NCCCN1CCOCC1. The van der Waals surface area contributed by atoms with Gasteiger partial charge in [-0.05, 0) is 37.6 Å². The van der Waals surface area contributed by atoms with Gasteiger partial charge in [0.15, 0.2) is 5.96 Å².